The number of ketones is 1. The molecule has 1 saturated heterocycles. The average molecular weight is 565 g/mol. The molecule has 2 aliphatic rings. The minimum absolute atomic E-state index is 0.0961. The summed E-state index contributed by atoms with van der Waals surface area (Å²) in [6.07, 6.45) is 0. The molecule has 11 heteroatoms. The summed E-state index contributed by atoms with van der Waals surface area (Å²) in [4.78, 5) is 33.0. The molecule has 39 heavy (non-hydrogen) atoms. The Bertz CT molecular complexity index is 1680. The normalized spacial score (nSPS) is 18.0. The summed E-state index contributed by atoms with van der Waals surface area (Å²) in [5.41, 5.74) is 1.35. The van der Waals surface area contributed by atoms with Crippen molar-refractivity contribution in [3.63, 3.8) is 0 Å². The summed E-state index contributed by atoms with van der Waals surface area (Å²) < 4.78 is 22.8. The van der Waals surface area contributed by atoms with Gasteiger partial charge in [-0.2, -0.15) is 0 Å². The maximum atomic E-state index is 13.6. The summed E-state index contributed by atoms with van der Waals surface area (Å²) >= 11 is 7.39. The van der Waals surface area contributed by atoms with Crippen molar-refractivity contribution in [2.24, 2.45) is 0 Å². The SMILES string of the molecule is COc1ccc(C2/C(=C(/O)c3ccc4c(c3)OCCO4)C(=O)C(=O)N2c2nc3ccc(Cl)cc3s2)cc1OC. The fourth-order valence-corrected chi connectivity index (χ4v) is 5.97. The summed E-state index contributed by atoms with van der Waals surface area (Å²) in [6, 6.07) is 14.1. The Balaban J connectivity index is 1.56. The number of anilines is 1. The topological polar surface area (TPSA) is 107 Å². The number of rotatable bonds is 5. The Morgan fingerprint density at radius 3 is 2.54 bits per heavy atom. The molecule has 0 radical (unpaired) electrons. The molecular formula is C28H21ClN2O7S. The van der Waals surface area contributed by atoms with Gasteiger partial charge in [0.1, 0.15) is 19.0 Å². The number of carbonyl (C=O) groups is 2. The van der Waals surface area contributed by atoms with Gasteiger partial charge in [0.25, 0.3) is 5.78 Å². The molecule has 0 saturated carbocycles. The van der Waals surface area contributed by atoms with Gasteiger partial charge in [-0.15, -0.1) is 0 Å². The van der Waals surface area contributed by atoms with Crippen molar-refractivity contribution in [3.05, 3.63) is 76.3 Å². The highest BCUT2D eigenvalue weighted by atomic mass is 35.5. The molecule has 2 aliphatic heterocycles. The van der Waals surface area contributed by atoms with Crippen LogP contribution in [0.2, 0.25) is 5.02 Å². The number of halogens is 1. The number of Topliss-reactive ketones (excluding diaryl/α,β-unsaturated/α-hetero) is 1. The van der Waals surface area contributed by atoms with Crippen molar-refractivity contribution in [1.82, 2.24) is 4.98 Å². The van der Waals surface area contributed by atoms with E-state index in [9.17, 15) is 14.7 Å². The molecular weight excluding hydrogens is 544 g/mol. The predicted molar refractivity (Wildman–Crippen MR) is 146 cm³/mol. The monoisotopic (exact) mass is 564 g/mol. The van der Waals surface area contributed by atoms with E-state index in [2.05, 4.69) is 4.98 Å². The second-order valence-electron chi connectivity index (χ2n) is 8.75. The second-order valence-corrected chi connectivity index (χ2v) is 10.2. The number of nitrogens with zero attached hydrogens (tertiary/aromatic N) is 2. The van der Waals surface area contributed by atoms with Crippen LogP contribution < -0.4 is 23.8 Å². The highest BCUT2D eigenvalue weighted by Gasteiger charge is 2.48. The van der Waals surface area contributed by atoms with E-state index in [1.807, 2.05) is 0 Å². The Morgan fingerprint density at radius 1 is 1.00 bits per heavy atom. The smallest absolute Gasteiger partial charge is 0.301 e. The number of hydrogen-bond acceptors (Lipinski definition) is 9. The largest absolute Gasteiger partial charge is 0.507 e. The molecule has 9 nitrogen and oxygen atoms in total. The van der Waals surface area contributed by atoms with E-state index in [0.717, 1.165) is 4.70 Å². The number of aliphatic hydroxyl groups excluding tert-OH is 1. The number of thiazole rings is 1. The molecule has 4 aromatic rings. The van der Waals surface area contributed by atoms with E-state index in [1.165, 1.54) is 30.5 Å². The third kappa shape index (κ3) is 4.21. The van der Waals surface area contributed by atoms with Crippen molar-refractivity contribution in [1.29, 1.82) is 0 Å². The predicted octanol–water partition coefficient (Wildman–Crippen LogP) is 5.36. The first-order valence-corrected chi connectivity index (χ1v) is 13.1. The number of hydrogen-bond donors (Lipinski definition) is 1. The Kier molecular flexibility index (Phi) is 6.28. The van der Waals surface area contributed by atoms with E-state index < -0.39 is 17.7 Å². The van der Waals surface area contributed by atoms with Gasteiger partial charge in [-0.05, 0) is 54.1 Å². The van der Waals surface area contributed by atoms with Crippen molar-refractivity contribution < 1.29 is 33.6 Å². The summed E-state index contributed by atoms with van der Waals surface area (Å²) in [5.74, 6) is -0.181. The minimum Gasteiger partial charge on any atom is -0.507 e. The van der Waals surface area contributed by atoms with Crippen molar-refractivity contribution in [2.75, 3.05) is 32.3 Å². The number of aliphatic hydroxyl groups is 1. The molecule has 0 spiro atoms. The van der Waals surface area contributed by atoms with Crippen LogP contribution in [0.5, 0.6) is 23.0 Å². The van der Waals surface area contributed by atoms with Crippen LogP contribution >= 0.6 is 22.9 Å². The fourth-order valence-electron chi connectivity index (χ4n) is 4.70. The molecule has 1 atom stereocenters. The number of aromatic nitrogens is 1. The third-order valence-corrected chi connectivity index (χ3v) is 7.78. The Labute approximate surface area is 231 Å². The zero-order chi connectivity index (χ0) is 27.3. The quantitative estimate of drug-likeness (QED) is 0.196. The van der Waals surface area contributed by atoms with Gasteiger partial charge in [0.2, 0.25) is 0 Å². The molecule has 0 aliphatic carbocycles. The first-order valence-electron chi connectivity index (χ1n) is 11.9. The average Bonchev–Trinajstić information content (AvgIpc) is 3.49. The van der Waals surface area contributed by atoms with Crippen LogP contribution in [0.15, 0.2) is 60.2 Å². The van der Waals surface area contributed by atoms with Crippen molar-refractivity contribution >= 4 is 55.7 Å². The molecule has 198 valence electrons. The van der Waals surface area contributed by atoms with Crippen LogP contribution in [0, 0.1) is 0 Å². The van der Waals surface area contributed by atoms with Crippen LogP contribution in [0.25, 0.3) is 16.0 Å². The van der Waals surface area contributed by atoms with Crippen LogP contribution in [0.4, 0.5) is 5.13 Å². The van der Waals surface area contributed by atoms with E-state index in [0.29, 0.717) is 57.9 Å². The summed E-state index contributed by atoms with van der Waals surface area (Å²) in [5, 5.41) is 12.3. The number of ether oxygens (including phenoxy) is 4. The standard InChI is InChI=1S/C28H21ClN2O7S/c1-35-18-7-3-14(11-20(18)36-2)24-23(25(32)15-4-8-19-21(12-15)38-10-9-37-19)26(33)27(34)31(24)28-30-17-6-5-16(29)13-22(17)39-28/h3-8,11-13,24,32H,9-10H2,1-2H3/b25-23-. The van der Waals surface area contributed by atoms with E-state index in [-0.39, 0.29) is 16.5 Å². The maximum Gasteiger partial charge on any atom is 0.301 e. The number of methoxy groups -OCH3 is 2. The lowest BCUT2D eigenvalue weighted by molar-refractivity contribution is -0.132. The van der Waals surface area contributed by atoms with Crippen LogP contribution in [0.3, 0.4) is 0 Å². The Hall–Kier alpha value is -4.28. The second kappa shape index (κ2) is 9.79. The zero-order valence-electron chi connectivity index (χ0n) is 20.8. The lowest BCUT2D eigenvalue weighted by Crippen LogP contribution is -2.29. The van der Waals surface area contributed by atoms with Gasteiger partial charge in [-0.1, -0.05) is 29.0 Å². The molecule has 1 N–H and O–H groups in total. The molecule has 0 bridgehead atoms. The summed E-state index contributed by atoms with van der Waals surface area (Å²) in [6.45, 7) is 0.769. The number of benzene rings is 3. The van der Waals surface area contributed by atoms with Gasteiger partial charge in [-0.3, -0.25) is 14.5 Å². The van der Waals surface area contributed by atoms with Gasteiger partial charge in [0.15, 0.2) is 28.1 Å². The molecule has 1 amide bonds. The molecule has 1 fully saturated rings. The van der Waals surface area contributed by atoms with Gasteiger partial charge >= 0.3 is 5.91 Å². The van der Waals surface area contributed by atoms with Gasteiger partial charge in [0, 0.05) is 10.6 Å². The lowest BCUT2D eigenvalue weighted by atomic mass is 9.95. The highest BCUT2D eigenvalue weighted by molar-refractivity contribution is 7.22. The van der Waals surface area contributed by atoms with E-state index in [1.54, 1.807) is 54.6 Å². The molecule has 1 aromatic heterocycles. The molecule has 1 unspecified atom stereocenters. The molecule has 3 aromatic carbocycles. The Morgan fingerprint density at radius 2 is 1.77 bits per heavy atom. The van der Waals surface area contributed by atoms with E-state index >= 15 is 0 Å². The molecule has 3 heterocycles. The van der Waals surface area contributed by atoms with Gasteiger partial charge in [0.05, 0.1) is 36.1 Å². The number of fused-ring (bicyclic) bond motifs is 2. The summed E-state index contributed by atoms with van der Waals surface area (Å²) in [7, 11) is 3.00. The first kappa shape index (κ1) is 25.0. The first-order chi connectivity index (χ1) is 18.9. The van der Waals surface area contributed by atoms with Crippen LogP contribution in [-0.2, 0) is 9.59 Å². The highest BCUT2D eigenvalue weighted by Crippen LogP contribution is 2.46. The van der Waals surface area contributed by atoms with E-state index in [4.69, 9.17) is 30.5 Å². The van der Waals surface area contributed by atoms with Crippen molar-refractivity contribution in [3.8, 4) is 23.0 Å². The maximum absolute atomic E-state index is 13.6. The van der Waals surface area contributed by atoms with Gasteiger partial charge < -0.3 is 24.1 Å². The number of carbonyl (C=O) groups excluding carboxylic acids is 2. The van der Waals surface area contributed by atoms with Crippen molar-refractivity contribution in [2.45, 2.75) is 6.04 Å². The van der Waals surface area contributed by atoms with Gasteiger partial charge in [-0.25, -0.2) is 4.98 Å². The van der Waals surface area contributed by atoms with Crippen LogP contribution in [0.1, 0.15) is 17.2 Å². The number of amides is 1. The lowest BCUT2D eigenvalue weighted by Gasteiger charge is -2.24. The molecule has 6 rings (SSSR count). The zero-order valence-corrected chi connectivity index (χ0v) is 22.3. The van der Waals surface area contributed by atoms with Crippen LogP contribution in [-0.4, -0.2) is 49.2 Å². The third-order valence-electron chi connectivity index (χ3n) is 6.53. The fraction of sp³-hybridized carbons (Fsp3) is 0.179. The minimum atomic E-state index is -1.01.